The molecule has 9 nitrogen and oxygen atoms in total. The standard InChI is InChI=1S/C11H15N5O4/c1-11(19)7(18)5(2-17)20-10(11)16-4-15-6-8(12)13-3-14-9(6)16/h3-5,7,10,17-19H,2H2,1H3,(H2,12,13,14)/t5-,7?,10-,11+/m1/s1. The van der Waals surface area contributed by atoms with E-state index in [1.54, 1.807) is 0 Å². The van der Waals surface area contributed by atoms with Crippen molar-refractivity contribution in [2.75, 3.05) is 12.3 Å². The van der Waals surface area contributed by atoms with E-state index in [0.29, 0.717) is 11.2 Å². The zero-order valence-corrected chi connectivity index (χ0v) is 10.7. The van der Waals surface area contributed by atoms with Crippen molar-refractivity contribution < 1.29 is 20.1 Å². The third kappa shape index (κ3) is 1.68. The van der Waals surface area contributed by atoms with Gasteiger partial charge in [-0.15, -0.1) is 0 Å². The van der Waals surface area contributed by atoms with Crippen molar-refractivity contribution in [3.05, 3.63) is 12.7 Å². The van der Waals surface area contributed by atoms with Crippen LogP contribution in [0.2, 0.25) is 0 Å². The second-order valence-electron chi connectivity index (χ2n) is 4.96. The fraction of sp³-hybridized carbons (Fsp3) is 0.545. The summed E-state index contributed by atoms with van der Waals surface area (Å²) in [6.07, 6.45) is -0.365. The Balaban J connectivity index is 2.10. The summed E-state index contributed by atoms with van der Waals surface area (Å²) in [6.45, 7) is 1.02. The van der Waals surface area contributed by atoms with Crippen molar-refractivity contribution in [1.29, 1.82) is 0 Å². The molecule has 4 atom stereocenters. The van der Waals surface area contributed by atoms with Crippen molar-refractivity contribution in [3.8, 4) is 0 Å². The van der Waals surface area contributed by atoms with Crippen LogP contribution in [0.25, 0.3) is 11.2 Å². The van der Waals surface area contributed by atoms with Gasteiger partial charge in [0.1, 0.15) is 29.7 Å². The van der Waals surface area contributed by atoms with E-state index < -0.39 is 30.6 Å². The largest absolute Gasteiger partial charge is 0.394 e. The van der Waals surface area contributed by atoms with Gasteiger partial charge >= 0.3 is 0 Å². The minimum absolute atomic E-state index is 0.214. The molecular formula is C11H15N5O4. The molecule has 0 amide bonds. The summed E-state index contributed by atoms with van der Waals surface area (Å²) >= 11 is 0. The van der Waals surface area contributed by atoms with E-state index in [0.717, 1.165) is 0 Å². The Morgan fingerprint density at radius 2 is 2.20 bits per heavy atom. The normalized spacial score (nSPS) is 33.9. The molecule has 2 aromatic rings. The molecule has 1 aliphatic heterocycles. The number of fused-ring (bicyclic) bond motifs is 1. The first-order valence-corrected chi connectivity index (χ1v) is 6.06. The Labute approximate surface area is 113 Å². The topological polar surface area (TPSA) is 140 Å². The van der Waals surface area contributed by atoms with Crippen LogP contribution < -0.4 is 5.73 Å². The summed E-state index contributed by atoms with van der Waals surface area (Å²) in [7, 11) is 0. The fourth-order valence-corrected chi connectivity index (χ4v) is 2.43. The number of hydrogen-bond donors (Lipinski definition) is 4. The Bertz CT molecular complexity index is 643. The maximum Gasteiger partial charge on any atom is 0.168 e. The summed E-state index contributed by atoms with van der Waals surface area (Å²) in [5, 5.41) is 29.6. The van der Waals surface area contributed by atoms with E-state index >= 15 is 0 Å². The first-order valence-electron chi connectivity index (χ1n) is 6.06. The van der Waals surface area contributed by atoms with E-state index in [-0.39, 0.29) is 5.82 Å². The van der Waals surface area contributed by atoms with Crippen LogP contribution >= 0.6 is 0 Å². The molecule has 1 saturated heterocycles. The Hall–Kier alpha value is -1.81. The predicted octanol–water partition coefficient (Wildman–Crippen LogP) is -1.59. The average molecular weight is 281 g/mol. The summed E-state index contributed by atoms with van der Waals surface area (Å²) < 4.78 is 6.97. The van der Waals surface area contributed by atoms with Crippen molar-refractivity contribution in [2.24, 2.45) is 0 Å². The van der Waals surface area contributed by atoms with E-state index in [1.165, 1.54) is 24.1 Å². The van der Waals surface area contributed by atoms with Gasteiger partial charge in [0, 0.05) is 0 Å². The third-order valence-corrected chi connectivity index (χ3v) is 3.57. The molecule has 1 unspecified atom stereocenters. The fourth-order valence-electron chi connectivity index (χ4n) is 2.43. The average Bonchev–Trinajstić information content (AvgIpc) is 2.92. The monoisotopic (exact) mass is 281 g/mol. The van der Waals surface area contributed by atoms with Gasteiger partial charge in [-0.1, -0.05) is 0 Å². The van der Waals surface area contributed by atoms with Gasteiger partial charge in [0.25, 0.3) is 0 Å². The van der Waals surface area contributed by atoms with Crippen molar-refractivity contribution in [2.45, 2.75) is 31.0 Å². The predicted molar refractivity (Wildman–Crippen MR) is 67.4 cm³/mol. The number of nitrogen functional groups attached to an aromatic ring is 1. The van der Waals surface area contributed by atoms with E-state index in [1.807, 2.05) is 0 Å². The lowest BCUT2D eigenvalue weighted by Crippen LogP contribution is -2.44. The molecule has 3 rings (SSSR count). The number of nitrogens with zero attached hydrogens (tertiary/aromatic N) is 4. The lowest BCUT2D eigenvalue weighted by Gasteiger charge is -2.27. The van der Waals surface area contributed by atoms with Crippen molar-refractivity contribution in [3.63, 3.8) is 0 Å². The first kappa shape index (κ1) is 13.2. The molecule has 0 radical (unpaired) electrons. The number of hydrogen-bond acceptors (Lipinski definition) is 8. The van der Waals surface area contributed by atoms with Crippen LogP contribution in [0.4, 0.5) is 5.82 Å². The highest BCUT2D eigenvalue weighted by Gasteiger charge is 2.53. The zero-order valence-electron chi connectivity index (χ0n) is 10.7. The van der Waals surface area contributed by atoms with Gasteiger partial charge in [-0.05, 0) is 6.92 Å². The summed E-state index contributed by atoms with van der Waals surface area (Å²) in [5.74, 6) is 0.214. The number of aliphatic hydroxyl groups is 3. The van der Waals surface area contributed by atoms with Gasteiger partial charge in [0.15, 0.2) is 17.7 Å². The van der Waals surface area contributed by atoms with Crippen LogP contribution in [-0.4, -0.2) is 59.3 Å². The number of rotatable bonds is 2. The number of anilines is 1. The maximum absolute atomic E-state index is 10.4. The van der Waals surface area contributed by atoms with Crippen LogP contribution in [0, 0.1) is 0 Å². The first-order chi connectivity index (χ1) is 9.46. The molecular weight excluding hydrogens is 266 g/mol. The maximum atomic E-state index is 10.4. The van der Waals surface area contributed by atoms with Crippen LogP contribution in [0.5, 0.6) is 0 Å². The Morgan fingerprint density at radius 1 is 1.45 bits per heavy atom. The van der Waals surface area contributed by atoms with Gasteiger partial charge in [-0.2, -0.15) is 0 Å². The smallest absolute Gasteiger partial charge is 0.168 e. The second-order valence-corrected chi connectivity index (χ2v) is 4.96. The summed E-state index contributed by atoms with van der Waals surface area (Å²) in [5.41, 5.74) is 4.87. The van der Waals surface area contributed by atoms with E-state index in [9.17, 15) is 15.3 Å². The molecule has 0 aliphatic carbocycles. The third-order valence-electron chi connectivity index (χ3n) is 3.57. The van der Waals surface area contributed by atoms with E-state index in [4.69, 9.17) is 10.5 Å². The highest BCUT2D eigenvalue weighted by atomic mass is 16.6. The minimum Gasteiger partial charge on any atom is -0.394 e. The number of nitrogens with two attached hydrogens (primary N) is 1. The number of imidazole rings is 1. The lowest BCUT2D eigenvalue weighted by atomic mass is 9.96. The van der Waals surface area contributed by atoms with Crippen molar-refractivity contribution >= 4 is 17.0 Å². The zero-order chi connectivity index (χ0) is 14.5. The lowest BCUT2D eigenvalue weighted by molar-refractivity contribution is -0.0950. The molecule has 0 saturated carbocycles. The second kappa shape index (κ2) is 4.35. The summed E-state index contributed by atoms with van der Waals surface area (Å²) in [4.78, 5) is 12.0. The van der Waals surface area contributed by atoms with Crippen LogP contribution in [0.1, 0.15) is 13.2 Å². The highest BCUT2D eigenvalue weighted by Crippen LogP contribution is 2.39. The number of ether oxygens (including phenoxy) is 1. The Kier molecular flexibility index (Phi) is 2.87. The van der Waals surface area contributed by atoms with E-state index in [2.05, 4.69) is 15.0 Å². The summed E-state index contributed by atoms with van der Waals surface area (Å²) in [6, 6.07) is 0. The Morgan fingerprint density at radius 3 is 2.85 bits per heavy atom. The van der Waals surface area contributed by atoms with Gasteiger partial charge in [-0.25, -0.2) is 15.0 Å². The van der Waals surface area contributed by atoms with Crippen LogP contribution in [-0.2, 0) is 4.74 Å². The van der Waals surface area contributed by atoms with Gasteiger partial charge < -0.3 is 25.8 Å². The van der Waals surface area contributed by atoms with Crippen LogP contribution in [0.15, 0.2) is 12.7 Å². The van der Waals surface area contributed by atoms with Gasteiger partial charge in [0.2, 0.25) is 0 Å². The quantitative estimate of drug-likeness (QED) is 0.516. The molecule has 20 heavy (non-hydrogen) atoms. The van der Waals surface area contributed by atoms with Crippen molar-refractivity contribution in [1.82, 2.24) is 19.5 Å². The number of aromatic nitrogens is 4. The van der Waals surface area contributed by atoms with Gasteiger partial charge in [-0.3, -0.25) is 4.57 Å². The molecule has 3 heterocycles. The molecule has 9 heteroatoms. The molecule has 0 aromatic carbocycles. The molecule has 0 spiro atoms. The molecule has 108 valence electrons. The van der Waals surface area contributed by atoms with Crippen LogP contribution in [0.3, 0.4) is 0 Å². The highest BCUT2D eigenvalue weighted by molar-refractivity contribution is 5.81. The SMILES string of the molecule is C[C@]1(O)C(O)[C@@H](CO)O[C@H]1n1cnc2c(N)ncnc21. The molecule has 0 bridgehead atoms. The minimum atomic E-state index is -1.60. The molecule has 1 fully saturated rings. The molecule has 1 aliphatic rings. The molecule has 2 aromatic heterocycles. The van der Waals surface area contributed by atoms with Gasteiger partial charge in [0.05, 0.1) is 12.9 Å². The molecule has 5 N–H and O–H groups in total. The number of aliphatic hydroxyl groups excluding tert-OH is 2.